The second kappa shape index (κ2) is 8.72. The molecule has 1 fully saturated rings. The molecule has 5 nitrogen and oxygen atoms in total. The van der Waals surface area contributed by atoms with Crippen LogP contribution in [0, 0.1) is 0 Å². The lowest BCUT2D eigenvalue weighted by molar-refractivity contribution is 0.0918. The van der Waals surface area contributed by atoms with Crippen LogP contribution in [0.4, 0.5) is 4.79 Å². The van der Waals surface area contributed by atoms with Crippen molar-refractivity contribution >= 4 is 23.5 Å². The van der Waals surface area contributed by atoms with Gasteiger partial charge in [-0.2, -0.15) is 0 Å². The Bertz CT molecular complexity index is 759. The first kappa shape index (κ1) is 18.3. The van der Waals surface area contributed by atoms with Crippen molar-refractivity contribution in [3.05, 3.63) is 70.7 Å². The van der Waals surface area contributed by atoms with Gasteiger partial charge in [-0.15, -0.1) is 0 Å². The highest BCUT2D eigenvalue weighted by atomic mass is 35.5. The van der Waals surface area contributed by atoms with Crippen molar-refractivity contribution in [2.24, 2.45) is 0 Å². The van der Waals surface area contributed by atoms with E-state index >= 15 is 0 Å². The van der Waals surface area contributed by atoms with Crippen molar-refractivity contribution in [3.63, 3.8) is 0 Å². The van der Waals surface area contributed by atoms with Crippen molar-refractivity contribution in [1.29, 1.82) is 0 Å². The van der Waals surface area contributed by atoms with Gasteiger partial charge in [0.1, 0.15) is 0 Å². The summed E-state index contributed by atoms with van der Waals surface area (Å²) in [5.74, 6) is -0.0628. The fraction of sp³-hybridized carbons (Fsp3) is 0.300. The van der Waals surface area contributed by atoms with Gasteiger partial charge in [0.2, 0.25) is 0 Å². The molecule has 0 saturated carbocycles. The number of likely N-dealkylation sites (tertiary alicyclic amines) is 1. The van der Waals surface area contributed by atoms with Gasteiger partial charge in [0, 0.05) is 36.3 Å². The molecule has 2 N–H and O–H groups in total. The highest BCUT2D eigenvalue weighted by Gasteiger charge is 2.24. The maximum atomic E-state index is 12.3. The van der Waals surface area contributed by atoms with E-state index in [0.717, 1.165) is 18.4 Å². The van der Waals surface area contributed by atoms with Gasteiger partial charge in [0.25, 0.3) is 5.91 Å². The SMILES string of the molecule is O=C(NC1CCN(C(=O)NCc2ccccc2Cl)CC1)c1ccccc1. The van der Waals surface area contributed by atoms with E-state index in [-0.39, 0.29) is 18.0 Å². The molecule has 0 aliphatic carbocycles. The molecule has 2 aromatic rings. The number of carbonyl (C=O) groups excluding carboxylic acids is 2. The molecule has 1 aliphatic rings. The topological polar surface area (TPSA) is 61.4 Å². The predicted octanol–water partition coefficient (Wildman–Crippen LogP) is 3.44. The van der Waals surface area contributed by atoms with E-state index in [4.69, 9.17) is 11.6 Å². The first-order valence-electron chi connectivity index (χ1n) is 8.75. The van der Waals surface area contributed by atoms with E-state index in [1.54, 1.807) is 17.0 Å². The molecule has 2 aromatic carbocycles. The fourth-order valence-electron chi connectivity index (χ4n) is 3.01. The zero-order valence-corrected chi connectivity index (χ0v) is 15.2. The molecule has 6 heteroatoms. The monoisotopic (exact) mass is 371 g/mol. The number of benzene rings is 2. The summed E-state index contributed by atoms with van der Waals surface area (Å²) in [6, 6.07) is 16.6. The van der Waals surface area contributed by atoms with Crippen LogP contribution >= 0.6 is 11.6 Å². The number of amides is 3. The number of urea groups is 1. The molecule has 26 heavy (non-hydrogen) atoms. The minimum atomic E-state index is -0.0993. The third kappa shape index (κ3) is 4.76. The van der Waals surface area contributed by atoms with E-state index in [2.05, 4.69) is 10.6 Å². The van der Waals surface area contributed by atoms with E-state index in [1.165, 1.54) is 0 Å². The van der Waals surface area contributed by atoms with Crippen LogP contribution in [0.15, 0.2) is 54.6 Å². The highest BCUT2D eigenvalue weighted by Crippen LogP contribution is 2.15. The van der Waals surface area contributed by atoms with Gasteiger partial charge in [-0.3, -0.25) is 4.79 Å². The zero-order chi connectivity index (χ0) is 18.4. The van der Waals surface area contributed by atoms with Crippen LogP contribution in [0.1, 0.15) is 28.8 Å². The number of halogens is 1. The fourth-order valence-corrected chi connectivity index (χ4v) is 3.21. The maximum absolute atomic E-state index is 12.3. The van der Waals surface area contributed by atoms with Crippen molar-refractivity contribution < 1.29 is 9.59 Å². The standard InChI is InChI=1S/C20H22ClN3O2/c21-18-9-5-4-8-16(18)14-22-20(26)24-12-10-17(11-13-24)23-19(25)15-6-2-1-3-7-15/h1-9,17H,10-14H2,(H,22,26)(H,23,25). The van der Waals surface area contributed by atoms with Crippen LogP contribution in [0.5, 0.6) is 0 Å². The van der Waals surface area contributed by atoms with Crippen LogP contribution in [-0.2, 0) is 6.54 Å². The van der Waals surface area contributed by atoms with E-state index < -0.39 is 0 Å². The van der Waals surface area contributed by atoms with Crippen molar-refractivity contribution in [1.82, 2.24) is 15.5 Å². The Labute approximate surface area is 158 Å². The predicted molar refractivity (Wildman–Crippen MR) is 102 cm³/mol. The van der Waals surface area contributed by atoms with E-state index in [0.29, 0.717) is 30.2 Å². The summed E-state index contributed by atoms with van der Waals surface area (Å²) in [4.78, 5) is 26.3. The molecule has 1 heterocycles. The molecule has 0 atom stereocenters. The molecule has 0 aromatic heterocycles. The van der Waals surface area contributed by atoms with Crippen molar-refractivity contribution in [2.75, 3.05) is 13.1 Å². The second-order valence-electron chi connectivity index (χ2n) is 6.35. The summed E-state index contributed by atoms with van der Waals surface area (Å²) < 4.78 is 0. The van der Waals surface area contributed by atoms with E-state index in [9.17, 15) is 9.59 Å². The summed E-state index contributed by atoms with van der Waals surface area (Å²) in [5.41, 5.74) is 1.56. The molecule has 0 radical (unpaired) electrons. The Morgan fingerprint density at radius 2 is 1.65 bits per heavy atom. The smallest absolute Gasteiger partial charge is 0.317 e. The molecule has 0 unspecified atom stereocenters. The third-order valence-corrected chi connectivity index (χ3v) is 4.91. The highest BCUT2D eigenvalue weighted by molar-refractivity contribution is 6.31. The largest absolute Gasteiger partial charge is 0.349 e. The average molecular weight is 372 g/mol. The average Bonchev–Trinajstić information content (AvgIpc) is 2.68. The normalized spacial score (nSPS) is 14.7. The van der Waals surface area contributed by atoms with Gasteiger partial charge in [-0.1, -0.05) is 48.0 Å². The van der Waals surface area contributed by atoms with Gasteiger partial charge < -0.3 is 15.5 Å². The van der Waals surface area contributed by atoms with Crippen LogP contribution < -0.4 is 10.6 Å². The van der Waals surface area contributed by atoms with Crippen LogP contribution in [0.25, 0.3) is 0 Å². The Hall–Kier alpha value is -2.53. The lowest BCUT2D eigenvalue weighted by atomic mass is 10.0. The molecule has 136 valence electrons. The Kier molecular flexibility index (Phi) is 6.12. The Balaban J connectivity index is 1.44. The molecule has 0 spiro atoms. The molecule has 1 aliphatic heterocycles. The Morgan fingerprint density at radius 3 is 2.35 bits per heavy atom. The minimum Gasteiger partial charge on any atom is -0.349 e. The van der Waals surface area contributed by atoms with Gasteiger partial charge in [0.05, 0.1) is 0 Å². The molecule has 1 saturated heterocycles. The summed E-state index contributed by atoms with van der Waals surface area (Å²) in [6.45, 7) is 1.64. The summed E-state index contributed by atoms with van der Waals surface area (Å²) in [5, 5.41) is 6.60. The molecule has 3 rings (SSSR count). The number of piperidine rings is 1. The lowest BCUT2D eigenvalue weighted by Gasteiger charge is -2.32. The van der Waals surface area contributed by atoms with E-state index in [1.807, 2.05) is 42.5 Å². The first-order chi connectivity index (χ1) is 12.6. The summed E-state index contributed by atoms with van der Waals surface area (Å²) >= 11 is 6.11. The lowest BCUT2D eigenvalue weighted by Crippen LogP contribution is -2.49. The van der Waals surface area contributed by atoms with Crippen LogP contribution in [0.3, 0.4) is 0 Å². The first-order valence-corrected chi connectivity index (χ1v) is 9.13. The maximum Gasteiger partial charge on any atom is 0.317 e. The molecule has 0 bridgehead atoms. The Morgan fingerprint density at radius 1 is 1.00 bits per heavy atom. The minimum absolute atomic E-state index is 0.0628. The molecular formula is C20H22ClN3O2. The quantitative estimate of drug-likeness (QED) is 0.864. The summed E-state index contributed by atoms with van der Waals surface area (Å²) in [7, 11) is 0. The number of hydrogen-bond acceptors (Lipinski definition) is 2. The summed E-state index contributed by atoms with van der Waals surface area (Å²) in [6.07, 6.45) is 1.50. The van der Waals surface area contributed by atoms with Crippen molar-refractivity contribution in [3.8, 4) is 0 Å². The number of rotatable bonds is 4. The van der Waals surface area contributed by atoms with Gasteiger partial charge in [-0.05, 0) is 36.6 Å². The molecular weight excluding hydrogens is 350 g/mol. The van der Waals surface area contributed by atoms with Crippen molar-refractivity contribution in [2.45, 2.75) is 25.4 Å². The second-order valence-corrected chi connectivity index (χ2v) is 6.76. The number of hydrogen-bond donors (Lipinski definition) is 2. The van der Waals surface area contributed by atoms with Crippen LogP contribution in [-0.4, -0.2) is 36.0 Å². The number of nitrogens with zero attached hydrogens (tertiary/aromatic N) is 1. The third-order valence-electron chi connectivity index (χ3n) is 4.54. The number of carbonyl (C=O) groups is 2. The molecule has 3 amide bonds. The zero-order valence-electron chi connectivity index (χ0n) is 14.5. The van der Waals surface area contributed by atoms with Gasteiger partial charge in [0.15, 0.2) is 0 Å². The van der Waals surface area contributed by atoms with Gasteiger partial charge >= 0.3 is 6.03 Å². The number of nitrogens with one attached hydrogen (secondary N) is 2. The van der Waals surface area contributed by atoms with Gasteiger partial charge in [-0.25, -0.2) is 4.79 Å². The van der Waals surface area contributed by atoms with Crippen LogP contribution in [0.2, 0.25) is 5.02 Å².